The maximum Gasteiger partial charge on any atom is 0.321 e. The molecule has 0 fully saturated rings. The lowest BCUT2D eigenvalue weighted by Gasteiger charge is -2.21. The SMILES string of the molecule is COc1cc(N2CCCn3nc([C@H](O)CO)cc3C2)nc(OC)n1. The van der Waals surface area contributed by atoms with Crippen molar-refractivity contribution in [3.05, 3.63) is 23.5 Å². The molecule has 2 N–H and O–H groups in total. The van der Waals surface area contributed by atoms with Crippen molar-refractivity contribution in [3.63, 3.8) is 0 Å². The second kappa shape index (κ2) is 7.02. The number of methoxy groups -OCH3 is 2. The summed E-state index contributed by atoms with van der Waals surface area (Å²) in [5.41, 5.74) is 1.43. The highest BCUT2D eigenvalue weighted by atomic mass is 16.5. The Morgan fingerprint density at radius 1 is 1.21 bits per heavy atom. The Morgan fingerprint density at radius 3 is 2.75 bits per heavy atom. The predicted molar refractivity (Wildman–Crippen MR) is 85.1 cm³/mol. The van der Waals surface area contributed by atoms with E-state index in [0.717, 1.165) is 25.2 Å². The van der Waals surface area contributed by atoms with Gasteiger partial charge in [0.2, 0.25) is 5.88 Å². The molecule has 9 heteroatoms. The zero-order chi connectivity index (χ0) is 17.1. The van der Waals surface area contributed by atoms with E-state index in [1.807, 2.05) is 10.7 Å². The van der Waals surface area contributed by atoms with Gasteiger partial charge in [0.05, 0.1) is 38.8 Å². The highest BCUT2D eigenvalue weighted by molar-refractivity contribution is 5.43. The molecule has 0 saturated heterocycles. The lowest BCUT2D eigenvalue weighted by Crippen LogP contribution is -2.24. The number of nitrogens with zero attached hydrogens (tertiary/aromatic N) is 5. The summed E-state index contributed by atoms with van der Waals surface area (Å²) in [5.74, 6) is 1.14. The number of ether oxygens (including phenoxy) is 2. The molecule has 2 aromatic heterocycles. The van der Waals surface area contributed by atoms with Crippen LogP contribution >= 0.6 is 0 Å². The monoisotopic (exact) mass is 335 g/mol. The van der Waals surface area contributed by atoms with E-state index >= 15 is 0 Å². The molecule has 3 heterocycles. The van der Waals surface area contributed by atoms with Crippen LogP contribution in [-0.4, -0.2) is 57.3 Å². The number of hydrogen-bond acceptors (Lipinski definition) is 8. The number of aliphatic hydroxyl groups is 2. The van der Waals surface area contributed by atoms with Gasteiger partial charge in [-0.1, -0.05) is 0 Å². The zero-order valence-electron chi connectivity index (χ0n) is 13.7. The smallest absolute Gasteiger partial charge is 0.321 e. The second-order valence-electron chi connectivity index (χ2n) is 5.51. The summed E-state index contributed by atoms with van der Waals surface area (Å²) >= 11 is 0. The van der Waals surface area contributed by atoms with E-state index in [1.54, 1.807) is 13.2 Å². The molecule has 0 aliphatic carbocycles. The molecule has 0 amide bonds. The number of rotatable bonds is 5. The summed E-state index contributed by atoms with van der Waals surface area (Å²) in [4.78, 5) is 10.6. The Bertz CT molecular complexity index is 683. The van der Waals surface area contributed by atoms with Crippen LogP contribution in [0.3, 0.4) is 0 Å². The maximum atomic E-state index is 9.78. The van der Waals surface area contributed by atoms with Gasteiger partial charge in [0.25, 0.3) is 0 Å². The summed E-state index contributed by atoms with van der Waals surface area (Å²) < 4.78 is 12.2. The highest BCUT2D eigenvalue weighted by Crippen LogP contribution is 2.25. The van der Waals surface area contributed by atoms with Crippen molar-refractivity contribution < 1.29 is 19.7 Å². The molecule has 0 radical (unpaired) electrons. The summed E-state index contributed by atoms with van der Waals surface area (Å²) in [5, 5.41) is 23.2. The molecule has 24 heavy (non-hydrogen) atoms. The van der Waals surface area contributed by atoms with Gasteiger partial charge in [-0.3, -0.25) is 4.68 Å². The van der Waals surface area contributed by atoms with Crippen molar-refractivity contribution in [3.8, 4) is 11.9 Å². The molecular formula is C15H21N5O4. The number of hydrogen-bond donors (Lipinski definition) is 2. The van der Waals surface area contributed by atoms with Crippen LogP contribution in [0.25, 0.3) is 0 Å². The standard InChI is InChI=1S/C15H21N5O4/c1-23-14-7-13(16-15(17-14)24-2)19-4-3-5-20-10(8-19)6-11(18-20)12(22)9-21/h6-7,12,21-22H,3-5,8-9H2,1-2H3/t12-/m1/s1. The van der Waals surface area contributed by atoms with E-state index in [1.165, 1.54) is 7.11 Å². The largest absolute Gasteiger partial charge is 0.481 e. The topological polar surface area (TPSA) is 106 Å². The summed E-state index contributed by atoms with van der Waals surface area (Å²) in [6, 6.07) is 3.82. The maximum absolute atomic E-state index is 9.78. The van der Waals surface area contributed by atoms with E-state index < -0.39 is 6.10 Å². The molecule has 9 nitrogen and oxygen atoms in total. The number of aliphatic hydroxyl groups excluding tert-OH is 2. The fraction of sp³-hybridized carbons (Fsp3) is 0.533. The fourth-order valence-corrected chi connectivity index (χ4v) is 2.69. The van der Waals surface area contributed by atoms with Crippen LogP contribution in [0.5, 0.6) is 11.9 Å². The first kappa shape index (κ1) is 16.5. The third-order valence-corrected chi connectivity index (χ3v) is 3.93. The fourth-order valence-electron chi connectivity index (χ4n) is 2.69. The van der Waals surface area contributed by atoms with Crippen LogP contribution in [0.1, 0.15) is 23.9 Å². The van der Waals surface area contributed by atoms with Crippen LogP contribution in [-0.2, 0) is 13.1 Å². The van der Waals surface area contributed by atoms with Crippen LogP contribution < -0.4 is 14.4 Å². The predicted octanol–water partition coefficient (Wildman–Crippen LogP) is 0.126. The molecule has 0 unspecified atom stereocenters. The molecule has 0 spiro atoms. The molecule has 2 aromatic rings. The number of fused-ring (bicyclic) bond motifs is 1. The van der Waals surface area contributed by atoms with Gasteiger partial charge in [-0.15, -0.1) is 0 Å². The molecule has 130 valence electrons. The van der Waals surface area contributed by atoms with Crippen molar-refractivity contribution in [1.82, 2.24) is 19.7 Å². The molecule has 0 bridgehead atoms. The van der Waals surface area contributed by atoms with Crippen LogP contribution in [0.2, 0.25) is 0 Å². The van der Waals surface area contributed by atoms with Gasteiger partial charge in [-0.2, -0.15) is 15.1 Å². The third kappa shape index (κ3) is 3.26. The van der Waals surface area contributed by atoms with Crippen molar-refractivity contribution in [2.45, 2.75) is 25.6 Å². The molecule has 0 saturated carbocycles. The lowest BCUT2D eigenvalue weighted by molar-refractivity contribution is 0.0916. The van der Waals surface area contributed by atoms with Gasteiger partial charge in [0.15, 0.2) is 0 Å². The molecule has 1 aliphatic rings. The van der Waals surface area contributed by atoms with Crippen molar-refractivity contribution in [1.29, 1.82) is 0 Å². The van der Waals surface area contributed by atoms with E-state index in [9.17, 15) is 5.11 Å². The Morgan fingerprint density at radius 2 is 2.04 bits per heavy atom. The van der Waals surface area contributed by atoms with Gasteiger partial charge in [-0.25, -0.2) is 0 Å². The van der Waals surface area contributed by atoms with Crippen molar-refractivity contribution in [2.24, 2.45) is 0 Å². The Balaban J connectivity index is 1.89. The quantitative estimate of drug-likeness (QED) is 0.794. The minimum absolute atomic E-state index is 0.249. The van der Waals surface area contributed by atoms with Crippen LogP contribution in [0.15, 0.2) is 12.1 Å². The van der Waals surface area contributed by atoms with E-state index in [0.29, 0.717) is 23.9 Å². The van der Waals surface area contributed by atoms with Crippen molar-refractivity contribution in [2.75, 3.05) is 32.3 Å². The lowest BCUT2D eigenvalue weighted by atomic mass is 10.2. The van der Waals surface area contributed by atoms with Gasteiger partial charge >= 0.3 is 6.01 Å². The number of aryl methyl sites for hydroxylation is 1. The average molecular weight is 335 g/mol. The second-order valence-corrected chi connectivity index (χ2v) is 5.51. The van der Waals surface area contributed by atoms with Crippen LogP contribution in [0.4, 0.5) is 5.82 Å². The number of anilines is 1. The first-order valence-electron chi connectivity index (χ1n) is 7.72. The Kier molecular flexibility index (Phi) is 4.81. The van der Waals surface area contributed by atoms with Gasteiger partial charge in [-0.05, 0) is 12.5 Å². The molecular weight excluding hydrogens is 314 g/mol. The molecule has 3 rings (SSSR count). The van der Waals surface area contributed by atoms with E-state index in [-0.39, 0.29) is 12.6 Å². The van der Waals surface area contributed by atoms with Crippen molar-refractivity contribution >= 4 is 5.82 Å². The van der Waals surface area contributed by atoms with Gasteiger partial charge < -0.3 is 24.6 Å². The van der Waals surface area contributed by atoms with Crippen LogP contribution in [0, 0.1) is 0 Å². The first-order valence-corrected chi connectivity index (χ1v) is 7.72. The normalized spacial score (nSPS) is 15.6. The third-order valence-electron chi connectivity index (χ3n) is 3.93. The molecule has 1 aliphatic heterocycles. The minimum atomic E-state index is -0.961. The summed E-state index contributed by atoms with van der Waals surface area (Å²) in [6.07, 6.45) is -0.0880. The Labute approximate surface area is 139 Å². The molecule has 1 atom stereocenters. The Hall–Kier alpha value is -2.39. The van der Waals surface area contributed by atoms with E-state index in [4.69, 9.17) is 14.6 Å². The zero-order valence-corrected chi connectivity index (χ0v) is 13.7. The highest BCUT2D eigenvalue weighted by Gasteiger charge is 2.21. The van der Waals surface area contributed by atoms with E-state index in [2.05, 4.69) is 20.0 Å². The molecule has 0 aromatic carbocycles. The summed E-state index contributed by atoms with van der Waals surface area (Å²) in [6.45, 7) is 1.77. The average Bonchev–Trinajstić information content (AvgIpc) is 2.92. The van der Waals surface area contributed by atoms with Gasteiger partial charge in [0, 0.05) is 19.2 Å². The minimum Gasteiger partial charge on any atom is -0.481 e. The first-order chi connectivity index (χ1) is 11.6. The summed E-state index contributed by atoms with van der Waals surface area (Å²) in [7, 11) is 3.06. The van der Waals surface area contributed by atoms with Gasteiger partial charge in [0.1, 0.15) is 11.9 Å². The number of aromatic nitrogens is 4.